The summed E-state index contributed by atoms with van der Waals surface area (Å²) in [5.74, 6) is -1.71. The summed E-state index contributed by atoms with van der Waals surface area (Å²) >= 11 is 5.84. The number of benzene rings is 1. The molecule has 1 N–H and O–H groups in total. The molecule has 0 atom stereocenters. The van der Waals surface area contributed by atoms with Gasteiger partial charge >= 0.3 is 11.9 Å². The number of halogens is 1. The van der Waals surface area contributed by atoms with Crippen molar-refractivity contribution in [3.05, 3.63) is 35.2 Å². The first kappa shape index (κ1) is 21.4. The second-order valence-corrected chi connectivity index (χ2v) is 5.96. The number of hydrogen-bond acceptors (Lipinski definition) is 8. The number of nitrogens with one attached hydrogen (secondary N) is 1. The lowest BCUT2D eigenvalue weighted by atomic mass is 10.2. The molecule has 10 heteroatoms. The molecule has 0 aliphatic carbocycles. The number of amides is 1. The van der Waals surface area contributed by atoms with Crippen molar-refractivity contribution in [2.75, 3.05) is 13.2 Å². The highest BCUT2D eigenvalue weighted by Crippen LogP contribution is 2.19. The van der Waals surface area contributed by atoms with Gasteiger partial charge < -0.3 is 19.3 Å². The maximum absolute atomic E-state index is 12.1. The molecule has 0 aliphatic heterocycles. The van der Waals surface area contributed by atoms with Crippen LogP contribution in [-0.2, 0) is 30.3 Å². The van der Waals surface area contributed by atoms with E-state index in [1.807, 2.05) is 0 Å². The summed E-state index contributed by atoms with van der Waals surface area (Å²) in [4.78, 5) is 40.1. The van der Waals surface area contributed by atoms with E-state index in [1.165, 1.54) is 0 Å². The average Bonchev–Trinajstić information content (AvgIpc) is 3.14. The fourth-order valence-electron chi connectivity index (χ4n) is 2.19. The van der Waals surface area contributed by atoms with Gasteiger partial charge in [-0.15, -0.1) is 0 Å². The zero-order valence-corrected chi connectivity index (χ0v) is 16.2. The molecule has 0 unspecified atom stereocenters. The summed E-state index contributed by atoms with van der Waals surface area (Å²) in [5, 5.41) is 6.74. The van der Waals surface area contributed by atoms with Gasteiger partial charge in [0, 0.05) is 23.4 Å². The molecular weight excluding hydrogens is 390 g/mol. The first-order valence-corrected chi connectivity index (χ1v) is 9.03. The molecular formula is C18H20ClN3O6. The van der Waals surface area contributed by atoms with Crippen LogP contribution in [0.25, 0.3) is 11.4 Å². The fraction of sp³-hybridized carbons (Fsp3) is 0.389. The minimum atomic E-state index is -1.51. The lowest BCUT2D eigenvalue weighted by Gasteiger charge is -2.15. The summed E-state index contributed by atoms with van der Waals surface area (Å²) in [6, 6.07) is 5.37. The van der Waals surface area contributed by atoms with Gasteiger partial charge in [0.05, 0.1) is 13.2 Å². The lowest BCUT2D eigenvalue weighted by Crippen LogP contribution is -2.48. The van der Waals surface area contributed by atoms with Gasteiger partial charge in [-0.1, -0.05) is 16.8 Å². The van der Waals surface area contributed by atoms with E-state index in [1.54, 1.807) is 38.1 Å². The smallest absolute Gasteiger partial charge is 0.340 e. The highest BCUT2D eigenvalue weighted by Gasteiger charge is 2.31. The highest BCUT2D eigenvalue weighted by molar-refractivity contribution is 6.30. The summed E-state index contributed by atoms with van der Waals surface area (Å²) in [5.41, 5.74) is 0.716. The van der Waals surface area contributed by atoms with Crippen LogP contribution < -0.4 is 5.32 Å². The van der Waals surface area contributed by atoms with Gasteiger partial charge in [0.25, 0.3) is 0 Å². The molecule has 0 saturated carbocycles. The maximum Gasteiger partial charge on any atom is 0.340 e. The number of aromatic nitrogens is 2. The lowest BCUT2D eigenvalue weighted by molar-refractivity contribution is -0.159. The highest BCUT2D eigenvalue weighted by atomic mass is 35.5. The molecule has 1 heterocycles. The van der Waals surface area contributed by atoms with Crippen LogP contribution in [0.15, 0.2) is 28.8 Å². The molecule has 150 valence electrons. The molecule has 0 bridgehead atoms. The van der Waals surface area contributed by atoms with E-state index < -0.39 is 23.9 Å². The average molecular weight is 410 g/mol. The number of nitrogens with zero attached hydrogens (tertiary/aromatic N) is 2. The molecule has 2 rings (SSSR count). The van der Waals surface area contributed by atoms with E-state index in [-0.39, 0.29) is 31.9 Å². The first-order chi connectivity index (χ1) is 13.4. The standard InChI is InChI=1S/C18H20ClN3O6/c1-3-26-17(24)15(18(25)27-4-2)20-13(23)9-10-14-21-16(22-28-14)11-5-7-12(19)8-6-11/h5-8,15H,3-4,9-10H2,1-2H3,(H,20,23). The summed E-state index contributed by atoms with van der Waals surface area (Å²) in [6.45, 7) is 3.33. The second kappa shape index (κ2) is 10.4. The van der Waals surface area contributed by atoms with E-state index in [2.05, 4.69) is 15.5 Å². The minimum absolute atomic E-state index is 0.0695. The Bertz CT molecular complexity index is 803. The first-order valence-electron chi connectivity index (χ1n) is 8.65. The van der Waals surface area contributed by atoms with Crippen LogP contribution in [0.1, 0.15) is 26.2 Å². The van der Waals surface area contributed by atoms with Crippen LogP contribution in [0.5, 0.6) is 0 Å². The van der Waals surface area contributed by atoms with Crippen molar-refractivity contribution in [1.29, 1.82) is 0 Å². The number of aryl methyl sites for hydroxylation is 1. The van der Waals surface area contributed by atoms with Crippen molar-refractivity contribution >= 4 is 29.4 Å². The topological polar surface area (TPSA) is 121 Å². The van der Waals surface area contributed by atoms with Gasteiger partial charge in [-0.2, -0.15) is 4.98 Å². The van der Waals surface area contributed by atoms with Crippen LogP contribution in [-0.4, -0.2) is 47.2 Å². The predicted octanol–water partition coefficient (Wildman–Crippen LogP) is 1.93. The molecule has 28 heavy (non-hydrogen) atoms. The van der Waals surface area contributed by atoms with E-state index in [0.29, 0.717) is 16.4 Å². The predicted molar refractivity (Wildman–Crippen MR) is 98.3 cm³/mol. The second-order valence-electron chi connectivity index (χ2n) is 5.52. The Kier molecular flexibility index (Phi) is 7.94. The molecule has 9 nitrogen and oxygen atoms in total. The number of rotatable bonds is 9. The monoisotopic (exact) mass is 409 g/mol. The zero-order chi connectivity index (χ0) is 20.5. The Balaban J connectivity index is 1.94. The normalized spacial score (nSPS) is 10.6. The third-order valence-electron chi connectivity index (χ3n) is 3.49. The van der Waals surface area contributed by atoms with Crippen LogP contribution >= 0.6 is 11.6 Å². The van der Waals surface area contributed by atoms with Crippen LogP contribution in [0.3, 0.4) is 0 Å². The third-order valence-corrected chi connectivity index (χ3v) is 3.74. The van der Waals surface area contributed by atoms with E-state index in [0.717, 1.165) is 0 Å². The van der Waals surface area contributed by atoms with Gasteiger partial charge in [0.1, 0.15) is 0 Å². The van der Waals surface area contributed by atoms with Crippen LogP contribution in [0.4, 0.5) is 0 Å². The molecule has 0 saturated heterocycles. The Hall–Kier alpha value is -2.94. The van der Waals surface area contributed by atoms with E-state index in [4.69, 9.17) is 25.6 Å². The Labute approximate surface area is 166 Å². The molecule has 0 fully saturated rings. The van der Waals surface area contributed by atoms with Crippen LogP contribution in [0, 0.1) is 0 Å². The maximum atomic E-state index is 12.1. The fourth-order valence-corrected chi connectivity index (χ4v) is 2.32. The van der Waals surface area contributed by atoms with Gasteiger partial charge in [-0.25, -0.2) is 9.59 Å². The largest absolute Gasteiger partial charge is 0.464 e. The molecule has 2 aromatic rings. The van der Waals surface area contributed by atoms with Gasteiger partial charge in [0.15, 0.2) is 0 Å². The minimum Gasteiger partial charge on any atom is -0.464 e. The van der Waals surface area contributed by atoms with E-state index in [9.17, 15) is 14.4 Å². The third kappa shape index (κ3) is 6.05. The van der Waals surface area contributed by atoms with Crippen molar-refractivity contribution in [2.24, 2.45) is 0 Å². The van der Waals surface area contributed by atoms with Crippen molar-refractivity contribution in [3.63, 3.8) is 0 Å². The molecule has 1 aromatic carbocycles. The quantitative estimate of drug-likeness (QED) is 0.492. The van der Waals surface area contributed by atoms with Gasteiger partial charge in [-0.3, -0.25) is 4.79 Å². The molecule has 0 aliphatic rings. The van der Waals surface area contributed by atoms with Crippen molar-refractivity contribution < 1.29 is 28.4 Å². The number of carbonyl (C=O) groups excluding carboxylic acids is 3. The molecule has 1 aromatic heterocycles. The Morgan fingerprint density at radius 2 is 1.71 bits per heavy atom. The van der Waals surface area contributed by atoms with Crippen molar-refractivity contribution in [2.45, 2.75) is 32.7 Å². The zero-order valence-electron chi connectivity index (χ0n) is 15.4. The van der Waals surface area contributed by atoms with Gasteiger partial charge in [-0.05, 0) is 38.1 Å². The van der Waals surface area contributed by atoms with E-state index >= 15 is 0 Å². The van der Waals surface area contributed by atoms with Crippen molar-refractivity contribution in [1.82, 2.24) is 15.5 Å². The summed E-state index contributed by atoms with van der Waals surface area (Å²) in [6.07, 6.45) is 0.0579. The molecule has 1 amide bonds. The number of carbonyl (C=O) groups is 3. The number of esters is 2. The summed E-state index contributed by atoms with van der Waals surface area (Å²) < 4.78 is 14.7. The Morgan fingerprint density at radius 3 is 2.29 bits per heavy atom. The SMILES string of the molecule is CCOC(=O)C(NC(=O)CCc1nc(-c2ccc(Cl)cc2)no1)C(=O)OCC. The van der Waals surface area contributed by atoms with Crippen molar-refractivity contribution in [3.8, 4) is 11.4 Å². The van der Waals surface area contributed by atoms with Gasteiger partial charge in [0.2, 0.25) is 23.7 Å². The van der Waals surface area contributed by atoms with Crippen LogP contribution in [0.2, 0.25) is 5.02 Å². The summed E-state index contributed by atoms with van der Waals surface area (Å²) in [7, 11) is 0. The molecule has 0 spiro atoms. The molecule has 0 radical (unpaired) electrons. The Morgan fingerprint density at radius 1 is 1.11 bits per heavy atom. The number of hydrogen-bond donors (Lipinski definition) is 1. The number of ether oxygens (including phenoxy) is 2.